The minimum Gasteiger partial charge on any atom is -0.504 e. The van der Waals surface area contributed by atoms with Gasteiger partial charge in [-0.15, -0.1) is 0 Å². The molecule has 1 heterocycles. The third-order valence-electron chi connectivity index (χ3n) is 3.45. The molecule has 0 aliphatic carbocycles. The highest BCUT2D eigenvalue weighted by Gasteiger charge is 2.39. The van der Waals surface area contributed by atoms with Crippen molar-refractivity contribution in [1.29, 1.82) is 0 Å². The molecule has 3 rings (SSSR count). The fourth-order valence-electron chi connectivity index (χ4n) is 2.33. The maximum Gasteiger partial charge on any atom is 0.265 e. The Balaban J connectivity index is 2.01. The molecule has 2 aromatic rings. The van der Waals surface area contributed by atoms with Gasteiger partial charge in [0.25, 0.3) is 11.8 Å². The molecular formula is C15H9F2NO4. The number of carbonyl (C=O) groups excluding carboxylic acids is 2. The van der Waals surface area contributed by atoms with E-state index in [0.29, 0.717) is 4.90 Å². The van der Waals surface area contributed by atoms with E-state index in [1.54, 1.807) is 0 Å². The number of hydrogen-bond donors (Lipinski definition) is 2. The van der Waals surface area contributed by atoms with Crippen molar-refractivity contribution in [3.8, 4) is 11.5 Å². The Hall–Kier alpha value is -2.96. The van der Waals surface area contributed by atoms with E-state index >= 15 is 0 Å². The van der Waals surface area contributed by atoms with Crippen LogP contribution in [0.25, 0.3) is 0 Å². The predicted octanol–water partition coefficient (Wildman–Crippen LogP) is 2.17. The van der Waals surface area contributed by atoms with Gasteiger partial charge < -0.3 is 10.2 Å². The number of halogens is 2. The molecule has 1 aliphatic heterocycles. The third kappa shape index (κ3) is 1.90. The molecule has 22 heavy (non-hydrogen) atoms. The van der Waals surface area contributed by atoms with Gasteiger partial charge in [0.1, 0.15) is 0 Å². The summed E-state index contributed by atoms with van der Waals surface area (Å²) in [6, 6.07) is 5.69. The summed E-state index contributed by atoms with van der Waals surface area (Å²) in [6.45, 7) is -0.476. The summed E-state index contributed by atoms with van der Waals surface area (Å²) in [4.78, 5) is 25.0. The summed E-state index contributed by atoms with van der Waals surface area (Å²) < 4.78 is 26.9. The van der Waals surface area contributed by atoms with Crippen LogP contribution in [-0.4, -0.2) is 26.9 Å². The number of benzene rings is 2. The summed E-state index contributed by atoms with van der Waals surface area (Å²) in [5.74, 6) is -5.12. The van der Waals surface area contributed by atoms with Gasteiger partial charge in [-0.1, -0.05) is 12.1 Å². The topological polar surface area (TPSA) is 77.8 Å². The zero-order valence-corrected chi connectivity index (χ0v) is 11.0. The molecule has 0 fully saturated rings. The first-order chi connectivity index (χ1) is 10.4. The quantitative estimate of drug-likeness (QED) is 0.658. The summed E-state index contributed by atoms with van der Waals surface area (Å²) in [5.41, 5.74) is -0.614. The number of nitrogens with zero attached hydrogens (tertiary/aromatic N) is 1. The lowest BCUT2D eigenvalue weighted by molar-refractivity contribution is 0.0639. The van der Waals surface area contributed by atoms with Crippen molar-refractivity contribution in [2.45, 2.75) is 6.54 Å². The normalized spacial score (nSPS) is 13.6. The van der Waals surface area contributed by atoms with Crippen LogP contribution < -0.4 is 0 Å². The SMILES string of the molecule is O=C1c2ccc(O)c(O)c2C(=O)N1Cc1cccc(F)c1F. The number of aromatic hydroxyl groups is 2. The lowest BCUT2D eigenvalue weighted by atomic mass is 10.1. The number of phenols is 2. The molecular weight excluding hydrogens is 296 g/mol. The zero-order chi connectivity index (χ0) is 16.0. The maximum absolute atomic E-state index is 13.7. The molecule has 0 saturated carbocycles. The van der Waals surface area contributed by atoms with Crippen LogP contribution in [0.15, 0.2) is 30.3 Å². The Morgan fingerprint density at radius 2 is 1.73 bits per heavy atom. The second kappa shape index (κ2) is 4.80. The number of rotatable bonds is 2. The fraction of sp³-hybridized carbons (Fsp3) is 0.0667. The van der Waals surface area contributed by atoms with Gasteiger partial charge in [0.2, 0.25) is 0 Å². The monoisotopic (exact) mass is 305 g/mol. The van der Waals surface area contributed by atoms with Gasteiger partial charge in [-0.05, 0) is 18.2 Å². The third-order valence-corrected chi connectivity index (χ3v) is 3.45. The van der Waals surface area contributed by atoms with Gasteiger partial charge in [-0.25, -0.2) is 8.78 Å². The Kier molecular flexibility index (Phi) is 3.05. The average molecular weight is 305 g/mol. The van der Waals surface area contributed by atoms with Gasteiger partial charge >= 0.3 is 0 Å². The zero-order valence-electron chi connectivity index (χ0n) is 11.0. The highest BCUT2D eigenvalue weighted by Crippen LogP contribution is 2.37. The van der Waals surface area contributed by atoms with E-state index in [2.05, 4.69) is 0 Å². The molecule has 7 heteroatoms. The van der Waals surface area contributed by atoms with E-state index in [1.165, 1.54) is 18.2 Å². The highest BCUT2D eigenvalue weighted by atomic mass is 19.2. The average Bonchev–Trinajstić information content (AvgIpc) is 2.72. The van der Waals surface area contributed by atoms with Crippen LogP contribution >= 0.6 is 0 Å². The molecule has 0 spiro atoms. The maximum atomic E-state index is 13.7. The molecule has 2 aromatic carbocycles. The molecule has 0 atom stereocenters. The smallest absolute Gasteiger partial charge is 0.265 e. The van der Waals surface area contributed by atoms with Gasteiger partial charge in [-0.3, -0.25) is 14.5 Å². The molecule has 2 N–H and O–H groups in total. The van der Waals surface area contributed by atoms with Crippen molar-refractivity contribution in [2.24, 2.45) is 0 Å². The van der Waals surface area contributed by atoms with E-state index in [0.717, 1.165) is 12.1 Å². The van der Waals surface area contributed by atoms with E-state index in [4.69, 9.17) is 0 Å². The van der Waals surface area contributed by atoms with Crippen molar-refractivity contribution in [1.82, 2.24) is 4.90 Å². The lowest BCUT2D eigenvalue weighted by Gasteiger charge is -2.14. The number of hydrogen-bond acceptors (Lipinski definition) is 4. The van der Waals surface area contributed by atoms with E-state index in [9.17, 15) is 28.6 Å². The Bertz CT molecular complexity index is 819. The molecule has 5 nitrogen and oxygen atoms in total. The van der Waals surface area contributed by atoms with E-state index in [-0.39, 0.29) is 16.7 Å². The second-order valence-corrected chi connectivity index (χ2v) is 4.77. The van der Waals surface area contributed by atoms with E-state index in [1.807, 2.05) is 0 Å². The summed E-state index contributed by atoms with van der Waals surface area (Å²) in [6.07, 6.45) is 0. The number of carbonyl (C=O) groups is 2. The highest BCUT2D eigenvalue weighted by molar-refractivity contribution is 6.22. The van der Waals surface area contributed by atoms with Gasteiger partial charge in [0, 0.05) is 5.56 Å². The van der Waals surface area contributed by atoms with Crippen LogP contribution in [0.2, 0.25) is 0 Å². The molecule has 0 bridgehead atoms. The Labute approximate surface area is 123 Å². The Morgan fingerprint density at radius 3 is 2.45 bits per heavy atom. The second-order valence-electron chi connectivity index (χ2n) is 4.77. The van der Waals surface area contributed by atoms with Gasteiger partial charge in [0.05, 0.1) is 17.7 Å². The number of fused-ring (bicyclic) bond motifs is 1. The van der Waals surface area contributed by atoms with Crippen molar-refractivity contribution < 1.29 is 28.6 Å². The molecule has 0 unspecified atom stereocenters. The van der Waals surface area contributed by atoms with Crippen molar-refractivity contribution in [3.63, 3.8) is 0 Å². The first-order valence-corrected chi connectivity index (χ1v) is 6.26. The van der Waals surface area contributed by atoms with Crippen LogP contribution in [0.4, 0.5) is 8.78 Å². The van der Waals surface area contributed by atoms with Gasteiger partial charge in [-0.2, -0.15) is 0 Å². The molecule has 112 valence electrons. The molecule has 0 aromatic heterocycles. The first-order valence-electron chi connectivity index (χ1n) is 6.26. The number of imide groups is 1. The van der Waals surface area contributed by atoms with Gasteiger partial charge in [0.15, 0.2) is 23.1 Å². The van der Waals surface area contributed by atoms with Crippen molar-refractivity contribution in [3.05, 3.63) is 58.7 Å². The predicted molar refractivity (Wildman–Crippen MR) is 70.3 cm³/mol. The standard InChI is InChI=1S/C15H9F2NO4/c16-9-3-1-2-7(12(9)17)6-18-14(21)8-4-5-10(19)13(20)11(8)15(18)22/h1-5,19-20H,6H2. The summed E-state index contributed by atoms with van der Waals surface area (Å²) in [5, 5.41) is 19.1. The summed E-state index contributed by atoms with van der Waals surface area (Å²) >= 11 is 0. The van der Waals surface area contributed by atoms with Crippen molar-refractivity contribution >= 4 is 11.8 Å². The largest absolute Gasteiger partial charge is 0.504 e. The lowest BCUT2D eigenvalue weighted by Crippen LogP contribution is -2.29. The number of amides is 2. The molecule has 0 radical (unpaired) electrons. The molecule has 2 amide bonds. The Morgan fingerprint density at radius 1 is 1.00 bits per heavy atom. The first kappa shape index (κ1) is 14.0. The molecule has 1 aliphatic rings. The van der Waals surface area contributed by atoms with Crippen LogP contribution in [0.3, 0.4) is 0 Å². The molecule has 0 saturated heterocycles. The van der Waals surface area contributed by atoms with Crippen LogP contribution in [0.1, 0.15) is 26.3 Å². The summed E-state index contributed by atoms with van der Waals surface area (Å²) in [7, 11) is 0. The van der Waals surface area contributed by atoms with E-state index < -0.39 is 41.5 Å². The van der Waals surface area contributed by atoms with Crippen LogP contribution in [0.5, 0.6) is 11.5 Å². The minimum atomic E-state index is -1.15. The van der Waals surface area contributed by atoms with Crippen molar-refractivity contribution in [2.75, 3.05) is 0 Å². The minimum absolute atomic E-state index is 0.0999. The fourth-order valence-corrected chi connectivity index (χ4v) is 2.33. The number of phenolic OH excluding ortho intramolecular Hbond substituents is 2. The van der Waals surface area contributed by atoms with Crippen LogP contribution in [-0.2, 0) is 6.54 Å². The van der Waals surface area contributed by atoms with Crippen LogP contribution in [0, 0.1) is 11.6 Å².